The van der Waals surface area contributed by atoms with Crippen molar-refractivity contribution in [3.05, 3.63) is 89.2 Å². The van der Waals surface area contributed by atoms with E-state index in [2.05, 4.69) is 5.32 Å². The van der Waals surface area contributed by atoms with Gasteiger partial charge in [-0.25, -0.2) is 9.18 Å². The van der Waals surface area contributed by atoms with Crippen molar-refractivity contribution in [3.63, 3.8) is 0 Å². The third-order valence-electron chi connectivity index (χ3n) is 4.96. The van der Waals surface area contributed by atoms with Crippen molar-refractivity contribution >= 4 is 11.7 Å². The molecule has 0 bridgehead atoms. The van der Waals surface area contributed by atoms with Gasteiger partial charge in [0.05, 0.1) is 14.2 Å². The molecule has 0 radical (unpaired) electrons. The zero-order valence-corrected chi connectivity index (χ0v) is 18.0. The monoisotopic (exact) mass is 422 g/mol. The molecular weight excluding hydrogens is 395 g/mol. The first-order valence-electron chi connectivity index (χ1n) is 10.1. The second kappa shape index (κ2) is 10.5. The number of nitrogens with zero attached hydrogens (tertiary/aromatic N) is 1. The molecule has 31 heavy (non-hydrogen) atoms. The van der Waals surface area contributed by atoms with Crippen LogP contribution in [0, 0.1) is 12.7 Å². The Labute approximate surface area is 182 Å². The smallest absolute Gasteiger partial charge is 0.322 e. The van der Waals surface area contributed by atoms with Crippen molar-refractivity contribution < 1.29 is 18.7 Å². The number of hydrogen-bond donors (Lipinski definition) is 1. The lowest BCUT2D eigenvalue weighted by Crippen LogP contribution is -2.36. The summed E-state index contributed by atoms with van der Waals surface area (Å²) in [4.78, 5) is 14.8. The largest absolute Gasteiger partial charge is 0.493 e. The number of benzene rings is 3. The van der Waals surface area contributed by atoms with Gasteiger partial charge in [-0.05, 0) is 66.4 Å². The number of halogens is 1. The number of hydrogen-bond acceptors (Lipinski definition) is 3. The molecule has 5 nitrogen and oxygen atoms in total. The number of carbonyl (C=O) groups is 1. The second-order valence-corrected chi connectivity index (χ2v) is 7.29. The van der Waals surface area contributed by atoms with Crippen molar-refractivity contribution in [3.8, 4) is 11.5 Å². The molecule has 0 atom stereocenters. The number of ether oxygens (including phenoxy) is 2. The average molecular weight is 423 g/mol. The molecule has 3 aromatic rings. The topological polar surface area (TPSA) is 50.8 Å². The predicted molar refractivity (Wildman–Crippen MR) is 120 cm³/mol. The molecule has 0 aromatic heterocycles. The Kier molecular flexibility index (Phi) is 7.49. The zero-order valence-electron chi connectivity index (χ0n) is 18.0. The number of rotatable bonds is 8. The molecule has 0 saturated heterocycles. The lowest BCUT2D eigenvalue weighted by molar-refractivity contribution is 0.210. The number of methoxy groups -OCH3 is 2. The molecule has 0 aliphatic heterocycles. The van der Waals surface area contributed by atoms with E-state index < -0.39 is 0 Å². The Morgan fingerprint density at radius 1 is 0.935 bits per heavy atom. The van der Waals surface area contributed by atoms with Crippen LogP contribution in [0.4, 0.5) is 14.9 Å². The van der Waals surface area contributed by atoms with Gasteiger partial charge in [0.25, 0.3) is 0 Å². The number of nitrogens with one attached hydrogen (secondary N) is 1. The van der Waals surface area contributed by atoms with Gasteiger partial charge < -0.3 is 19.7 Å². The molecule has 0 unspecified atom stereocenters. The minimum atomic E-state index is -0.301. The van der Waals surface area contributed by atoms with E-state index in [-0.39, 0.29) is 11.8 Å². The summed E-state index contributed by atoms with van der Waals surface area (Å²) in [6.45, 7) is 2.82. The SMILES string of the molecule is COc1ccc(CCN(Cc2ccc(F)cc2)C(=O)Nc2cccc(C)c2)cc1OC. The summed E-state index contributed by atoms with van der Waals surface area (Å²) in [5.74, 6) is 1.01. The van der Waals surface area contributed by atoms with Crippen molar-refractivity contribution in [2.24, 2.45) is 0 Å². The van der Waals surface area contributed by atoms with Gasteiger partial charge in [-0.2, -0.15) is 0 Å². The maximum absolute atomic E-state index is 13.3. The first-order chi connectivity index (χ1) is 15.0. The fourth-order valence-electron chi connectivity index (χ4n) is 3.29. The molecule has 1 N–H and O–H groups in total. The van der Waals surface area contributed by atoms with Crippen molar-refractivity contribution in [1.82, 2.24) is 4.90 Å². The third kappa shape index (κ3) is 6.22. The molecule has 0 heterocycles. The molecule has 0 saturated carbocycles. The lowest BCUT2D eigenvalue weighted by atomic mass is 10.1. The standard InChI is InChI=1S/C25H27FN2O3/c1-18-5-4-6-22(15-18)27-25(29)28(17-20-7-10-21(26)11-8-20)14-13-19-9-12-23(30-2)24(16-19)31-3/h4-12,15-16H,13-14,17H2,1-3H3,(H,27,29). The van der Waals surface area contributed by atoms with Crippen molar-refractivity contribution in [2.75, 3.05) is 26.1 Å². The maximum atomic E-state index is 13.3. The normalized spacial score (nSPS) is 10.5. The van der Waals surface area contributed by atoms with E-state index in [9.17, 15) is 9.18 Å². The quantitative estimate of drug-likeness (QED) is 0.527. The van der Waals surface area contributed by atoms with Crippen LogP contribution >= 0.6 is 0 Å². The van der Waals surface area contributed by atoms with E-state index in [0.717, 1.165) is 22.4 Å². The molecule has 6 heteroatoms. The molecule has 0 fully saturated rings. The number of aryl methyl sites for hydroxylation is 1. The third-order valence-corrected chi connectivity index (χ3v) is 4.96. The Bertz CT molecular complexity index is 1020. The van der Waals surface area contributed by atoms with Crippen LogP contribution in [0.25, 0.3) is 0 Å². The van der Waals surface area contributed by atoms with Gasteiger partial charge >= 0.3 is 6.03 Å². The number of carbonyl (C=O) groups excluding carboxylic acids is 1. The van der Waals surface area contributed by atoms with E-state index >= 15 is 0 Å². The summed E-state index contributed by atoms with van der Waals surface area (Å²) in [6.07, 6.45) is 0.628. The summed E-state index contributed by atoms with van der Waals surface area (Å²) >= 11 is 0. The van der Waals surface area contributed by atoms with E-state index in [0.29, 0.717) is 31.0 Å². The number of anilines is 1. The van der Waals surface area contributed by atoms with E-state index in [1.54, 1.807) is 31.3 Å². The minimum absolute atomic E-state index is 0.213. The highest BCUT2D eigenvalue weighted by Gasteiger charge is 2.15. The second-order valence-electron chi connectivity index (χ2n) is 7.29. The molecule has 0 spiro atoms. The van der Waals surface area contributed by atoms with Gasteiger partial charge in [-0.15, -0.1) is 0 Å². The van der Waals surface area contributed by atoms with Crippen molar-refractivity contribution in [1.29, 1.82) is 0 Å². The van der Waals surface area contributed by atoms with E-state index in [1.807, 2.05) is 49.4 Å². The molecule has 2 amide bonds. The van der Waals surface area contributed by atoms with Gasteiger partial charge in [0.15, 0.2) is 11.5 Å². The molecule has 162 valence electrons. The van der Waals surface area contributed by atoms with Gasteiger partial charge in [-0.3, -0.25) is 0 Å². The molecule has 3 aromatic carbocycles. The van der Waals surface area contributed by atoms with Crippen LogP contribution in [-0.4, -0.2) is 31.7 Å². The maximum Gasteiger partial charge on any atom is 0.322 e. The van der Waals surface area contributed by atoms with Gasteiger partial charge in [-0.1, -0.05) is 30.3 Å². The van der Waals surface area contributed by atoms with Crippen LogP contribution in [0.2, 0.25) is 0 Å². The Hall–Kier alpha value is -3.54. The van der Waals surface area contributed by atoms with Crippen molar-refractivity contribution in [2.45, 2.75) is 19.9 Å². The van der Waals surface area contributed by atoms with Crippen LogP contribution in [0.15, 0.2) is 66.7 Å². The number of urea groups is 1. The predicted octanol–water partition coefficient (Wildman–Crippen LogP) is 5.43. The average Bonchev–Trinajstić information content (AvgIpc) is 2.77. The molecule has 0 aliphatic carbocycles. The Morgan fingerprint density at radius 3 is 2.32 bits per heavy atom. The summed E-state index contributed by atoms with van der Waals surface area (Å²) in [6, 6.07) is 19.3. The highest BCUT2D eigenvalue weighted by molar-refractivity contribution is 5.89. The first kappa shape index (κ1) is 22.2. The highest BCUT2D eigenvalue weighted by Crippen LogP contribution is 2.28. The summed E-state index contributed by atoms with van der Waals surface area (Å²) in [5.41, 5.74) is 3.67. The van der Waals surface area contributed by atoms with Crippen LogP contribution in [-0.2, 0) is 13.0 Å². The van der Waals surface area contributed by atoms with Gasteiger partial charge in [0.2, 0.25) is 0 Å². The molecule has 0 aliphatic rings. The summed E-state index contributed by atoms with van der Waals surface area (Å²) in [5, 5.41) is 2.96. The van der Waals surface area contributed by atoms with Crippen LogP contribution in [0.5, 0.6) is 11.5 Å². The Balaban J connectivity index is 1.76. The lowest BCUT2D eigenvalue weighted by Gasteiger charge is -2.24. The fourth-order valence-corrected chi connectivity index (χ4v) is 3.29. The van der Waals surface area contributed by atoms with Crippen LogP contribution in [0.1, 0.15) is 16.7 Å². The fraction of sp³-hybridized carbons (Fsp3) is 0.240. The first-order valence-corrected chi connectivity index (χ1v) is 10.1. The molecular formula is C25H27FN2O3. The van der Waals surface area contributed by atoms with Gasteiger partial charge in [0.1, 0.15) is 5.82 Å². The van der Waals surface area contributed by atoms with Crippen LogP contribution in [0.3, 0.4) is 0 Å². The highest BCUT2D eigenvalue weighted by atomic mass is 19.1. The minimum Gasteiger partial charge on any atom is -0.493 e. The summed E-state index contributed by atoms with van der Waals surface area (Å²) < 4.78 is 24.0. The van der Waals surface area contributed by atoms with Gasteiger partial charge in [0, 0.05) is 18.8 Å². The van der Waals surface area contributed by atoms with E-state index in [4.69, 9.17) is 9.47 Å². The molecule has 3 rings (SSSR count). The summed E-state index contributed by atoms with van der Waals surface area (Å²) in [7, 11) is 3.19. The zero-order chi connectivity index (χ0) is 22.2. The van der Waals surface area contributed by atoms with Crippen LogP contribution < -0.4 is 14.8 Å². The number of amides is 2. The van der Waals surface area contributed by atoms with E-state index in [1.165, 1.54) is 12.1 Å². The Morgan fingerprint density at radius 2 is 1.65 bits per heavy atom.